The third-order valence-electron chi connectivity index (χ3n) is 7.59. The largest absolute Gasteiger partial charge is 0.423 e. The van der Waals surface area contributed by atoms with E-state index in [1.165, 1.54) is 12.8 Å². The first-order valence-electron chi connectivity index (χ1n) is 12.2. The number of hydrogen-bond donors (Lipinski definition) is 0. The highest BCUT2D eigenvalue weighted by Crippen LogP contribution is 2.49. The van der Waals surface area contributed by atoms with Crippen molar-refractivity contribution >= 4 is 17.6 Å². The summed E-state index contributed by atoms with van der Waals surface area (Å²) in [6, 6.07) is 3.34. The molecule has 2 fully saturated rings. The number of carbonyl (C=O) groups is 1. The number of carbonyl (C=O) groups excluding carboxylic acids is 1. The summed E-state index contributed by atoms with van der Waals surface area (Å²) in [5, 5.41) is -0.733. The summed E-state index contributed by atoms with van der Waals surface area (Å²) in [5.74, 6) is -3.81. The van der Waals surface area contributed by atoms with E-state index in [0.717, 1.165) is 62.3 Å². The van der Waals surface area contributed by atoms with Gasteiger partial charge in [-0.3, -0.25) is 0 Å². The minimum Gasteiger partial charge on any atom is -0.423 e. The highest BCUT2D eigenvalue weighted by Gasteiger charge is 2.37. The van der Waals surface area contributed by atoms with Crippen molar-refractivity contribution in [2.45, 2.75) is 64.2 Å². The normalized spacial score (nSPS) is 24.4. The van der Waals surface area contributed by atoms with Crippen molar-refractivity contribution < 1.29 is 27.1 Å². The number of halogens is 5. The van der Waals surface area contributed by atoms with Crippen molar-refractivity contribution in [3.8, 4) is 5.75 Å². The van der Waals surface area contributed by atoms with E-state index in [1.54, 1.807) is 0 Å². The Morgan fingerprint density at radius 3 is 2.23 bits per heavy atom. The third kappa shape index (κ3) is 5.91. The molecule has 188 valence electrons. The van der Waals surface area contributed by atoms with Gasteiger partial charge < -0.3 is 4.74 Å². The zero-order valence-electron chi connectivity index (χ0n) is 19.6. The van der Waals surface area contributed by atoms with Crippen LogP contribution in [-0.4, -0.2) is 5.97 Å². The van der Waals surface area contributed by atoms with E-state index in [4.69, 9.17) is 16.3 Å². The summed E-state index contributed by atoms with van der Waals surface area (Å²) >= 11 is 5.42. The van der Waals surface area contributed by atoms with Crippen LogP contribution in [0.1, 0.15) is 80.1 Å². The molecule has 0 aromatic heterocycles. The van der Waals surface area contributed by atoms with Gasteiger partial charge in [0.1, 0.15) is 34.0 Å². The molecule has 2 aromatic rings. The second-order valence-electron chi connectivity index (χ2n) is 9.80. The third-order valence-corrected chi connectivity index (χ3v) is 7.95. The minimum absolute atomic E-state index is 0.0128. The zero-order valence-corrected chi connectivity index (χ0v) is 20.4. The zero-order chi connectivity index (χ0) is 25.1. The average Bonchev–Trinajstić information content (AvgIpc) is 2.82. The van der Waals surface area contributed by atoms with Gasteiger partial charge in [-0.25, -0.2) is 22.4 Å². The fourth-order valence-electron chi connectivity index (χ4n) is 5.86. The molecule has 4 unspecified atom stereocenters. The molecule has 0 N–H and O–H groups in total. The van der Waals surface area contributed by atoms with Crippen molar-refractivity contribution in [1.82, 2.24) is 0 Å². The Balaban J connectivity index is 1.43. The SMILES string of the molecule is C/C=C/CCC1CCC2CC(c3c(F)cc(C(=O)Oc4cc(F)c(Cl)c(F)c4)cc3F)CCC2C1. The molecule has 0 aliphatic heterocycles. The maximum Gasteiger partial charge on any atom is 0.343 e. The van der Waals surface area contributed by atoms with Crippen LogP contribution in [0.2, 0.25) is 5.02 Å². The molecule has 0 bridgehead atoms. The van der Waals surface area contributed by atoms with Gasteiger partial charge in [-0.05, 0) is 87.7 Å². The highest BCUT2D eigenvalue weighted by atomic mass is 35.5. The monoisotopic (exact) mass is 508 g/mol. The van der Waals surface area contributed by atoms with E-state index < -0.39 is 40.0 Å². The molecule has 4 atom stereocenters. The van der Waals surface area contributed by atoms with Gasteiger partial charge >= 0.3 is 5.97 Å². The molecule has 2 aromatic carbocycles. The van der Waals surface area contributed by atoms with Crippen LogP contribution in [0.25, 0.3) is 0 Å². The van der Waals surface area contributed by atoms with Crippen LogP contribution >= 0.6 is 11.6 Å². The number of hydrogen-bond acceptors (Lipinski definition) is 2. The van der Waals surface area contributed by atoms with Crippen LogP contribution in [-0.2, 0) is 0 Å². The molecule has 2 saturated carbocycles. The fraction of sp³-hybridized carbons (Fsp3) is 0.464. The lowest BCUT2D eigenvalue weighted by Gasteiger charge is -2.42. The van der Waals surface area contributed by atoms with Crippen molar-refractivity contribution in [3.05, 3.63) is 75.8 Å². The number of ether oxygens (including phenoxy) is 1. The second-order valence-corrected chi connectivity index (χ2v) is 10.2. The predicted octanol–water partition coefficient (Wildman–Crippen LogP) is 8.77. The summed E-state index contributed by atoms with van der Waals surface area (Å²) in [6.07, 6.45) is 12.4. The summed E-state index contributed by atoms with van der Waals surface area (Å²) in [6.45, 7) is 2.04. The first kappa shape index (κ1) is 25.7. The van der Waals surface area contributed by atoms with Crippen molar-refractivity contribution in [2.75, 3.05) is 0 Å². The van der Waals surface area contributed by atoms with Gasteiger partial charge in [-0.2, -0.15) is 0 Å². The molecule has 0 radical (unpaired) electrons. The smallest absolute Gasteiger partial charge is 0.343 e. The standard InChI is InChI=1S/C28H29ClF4O2/c1-2-3-4-5-16-6-7-18-11-19(9-8-17(18)10-16)26-22(30)12-20(13-23(26)31)28(34)35-21-14-24(32)27(29)25(33)15-21/h2-3,12-19H,4-11H2,1H3/b3-2+. The van der Waals surface area contributed by atoms with E-state index in [2.05, 4.69) is 12.2 Å². The molecular weight excluding hydrogens is 480 g/mol. The Morgan fingerprint density at radius 1 is 0.943 bits per heavy atom. The van der Waals surface area contributed by atoms with Gasteiger partial charge in [-0.15, -0.1) is 0 Å². The molecule has 0 amide bonds. The Hall–Kier alpha value is -2.34. The number of esters is 1. The summed E-state index contributed by atoms with van der Waals surface area (Å²) < 4.78 is 62.2. The maximum atomic E-state index is 15.0. The lowest BCUT2D eigenvalue weighted by molar-refractivity contribution is 0.0732. The summed E-state index contributed by atoms with van der Waals surface area (Å²) in [4.78, 5) is 12.4. The quantitative estimate of drug-likeness (QED) is 0.128. The van der Waals surface area contributed by atoms with Gasteiger partial charge in [0.15, 0.2) is 0 Å². The molecule has 2 nitrogen and oxygen atoms in total. The van der Waals surface area contributed by atoms with Gasteiger partial charge in [0.2, 0.25) is 0 Å². The number of allylic oxidation sites excluding steroid dienone is 2. The number of benzene rings is 2. The fourth-order valence-corrected chi connectivity index (χ4v) is 5.97. The predicted molar refractivity (Wildman–Crippen MR) is 128 cm³/mol. The Kier molecular flexibility index (Phi) is 8.20. The van der Waals surface area contributed by atoms with E-state index in [0.29, 0.717) is 18.3 Å². The van der Waals surface area contributed by atoms with Crippen LogP contribution in [0.5, 0.6) is 5.75 Å². The van der Waals surface area contributed by atoms with E-state index in [1.807, 2.05) is 6.92 Å². The number of fused-ring (bicyclic) bond motifs is 1. The minimum atomic E-state index is -1.12. The van der Waals surface area contributed by atoms with Crippen LogP contribution < -0.4 is 4.74 Å². The summed E-state index contributed by atoms with van der Waals surface area (Å²) in [7, 11) is 0. The van der Waals surface area contributed by atoms with Gasteiger partial charge in [-0.1, -0.05) is 30.2 Å². The molecule has 0 saturated heterocycles. The average molecular weight is 509 g/mol. The van der Waals surface area contributed by atoms with Crippen molar-refractivity contribution in [2.24, 2.45) is 17.8 Å². The lowest BCUT2D eigenvalue weighted by atomic mass is 9.63. The van der Waals surface area contributed by atoms with Crippen molar-refractivity contribution in [3.63, 3.8) is 0 Å². The summed E-state index contributed by atoms with van der Waals surface area (Å²) in [5.41, 5.74) is -0.353. The molecule has 4 rings (SSSR count). The Morgan fingerprint density at radius 2 is 1.57 bits per heavy atom. The van der Waals surface area contributed by atoms with E-state index in [-0.39, 0.29) is 17.0 Å². The van der Waals surface area contributed by atoms with Crippen LogP contribution in [0.3, 0.4) is 0 Å². The van der Waals surface area contributed by atoms with E-state index in [9.17, 15) is 13.6 Å². The molecule has 2 aliphatic carbocycles. The van der Waals surface area contributed by atoms with Crippen LogP contribution in [0, 0.1) is 41.0 Å². The molecule has 35 heavy (non-hydrogen) atoms. The topological polar surface area (TPSA) is 26.3 Å². The van der Waals surface area contributed by atoms with Gasteiger partial charge in [0.05, 0.1) is 5.56 Å². The molecule has 7 heteroatoms. The Bertz CT molecular complexity index is 1070. The molecule has 0 spiro atoms. The Labute approximate surface area is 208 Å². The van der Waals surface area contributed by atoms with Crippen molar-refractivity contribution in [1.29, 1.82) is 0 Å². The second kappa shape index (κ2) is 11.2. The first-order valence-corrected chi connectivity index (χ1v) is 12.6. The highest BCUT2D eigenvalue weighted by molar-refractivity contribution is 6.30. The lowest BCUT2D eigenvalue weighted by Crippen LogP contribution is -2.31. The molecular formula is C28H29ClF4O2. The van der Waals surface area contributed by atoms with Crippen LogP contribution in [0.4, 0.5) is 17.6 Å². The maximum absolute atomic E-state index is 15.0. The van der Waals surface area contributed by atoms with Gasteiger partial charge in [0.25, 0.3) is 0 Å². The van der Waals surface area contributed by atoms with Crippen LogP contribution in [0.15, 0.2) is 36.4 Å². The van der Waals surface area contributed by atoms with E-state index >= 15 is 8.78 Å². The van der Waals surface area contributed by atoms with Gasteiger partial charge in [0, 0.05) is 17.7 Å². The number of rotatable bonds is 6. The first-order chi connectivity index (χ1) is 16.8. The molecule has 2 aliphatic rings. The molecule has 0 heterocycles.